The minimum atomic E-state index is -1.86. The molecule has 0 heterocycles. The summed E-state index contributed by atoms with van der Waals surface area (Å²) in [7, 11) is 0. The molecule has 0 aliphatic carbocycles. The van der Waals surface area contributed by atoms with E-state index in [1.165, 1.54) is 70.6 Å². The summed E-state index contributed by atoms with van der Waals surface area (Å²) in [4.78, 5) is 11.4. The quantitative estimate of drug-likeness (QED) is 0.324. The molecule has 28 heavy (non-hydrogen) atoms. The third-order valence-electron chi connectivity index (χ3n) is 5.48. The largest absolute Gasteiger partial charge is 1.00 e. The number of unbranched alkanes of at least 4 members (excludes halogenated alkanes) is 13. The predicted molar refractivity (Wildman–Crippen MR) is 110 cm³/mol. The number of hydrogen-bond acceptors (Lipinski definition) is 3. The van der Waals surface area contributed by atoms with Crippen LogP contribution in [0.15, 0.2) is 30.3 Å². The van der Waals surface area contributed by atoms with Crippen LogP contribution < -0.4 is 34.7 Å². The Morgan fingerprint density at radius 3 is 1.57 bits per heavy atom. The molecule has 1 aromatic carbocycles. The van der Waals surface area contributed by atoms with E-state index < -0.39 is 11.6 Å². The first-order chi connectivity index (χ1) is 13.1. The van der Waals surface area contributed by atoms with Crippen molar-refractivity contribution in [1.82, 2.24) is 0 Å². The van der Waals surface area contributed by atoms with Crippen LogP contribution in [0.2, 0.25) is 0 Å². The molecule has 0 saturated carbocycles. The van der Waals surface area contributed by atoms with E-state index in [1.54, 1.807) is 24.3 Å². The molecule has 0 spiro atoms. The van der Waals surface area contributed by atoms with Gasteiger partial charge < -0.3 is 15.0 Å². The smallest absolute Gasteiger partial charge is 0.547 e. The Hall–Kier alpha value is -0.350. The van der Waals surface area contributed by atoms with E-state index in [0.29, 0.717) is 12.0 Å². The Labute approximate surface area is 194 Å². The fraction of sp³-hybridized carbons (Fsp3) is 0.708. The minimum Gasteiger partial charge on any atom is -0.547 e. The molecule has 4 heteroatoms. The maximum atomic E-state index is 11.4. The maximum absolute atomic E-state index is 11.4. The van der Waals surface area contributed by atoms with Gasteiger partial charge in [-0.25, -0.2) is 0 Å². The Bertz CT molecular complexity index is 492. The van der Waals surface area contributed by atoms with Crippen LogP contribution in [0.25, 0.3) is 0 Å². The van der Waals surface area contributed by atoms with Crippen LogP contribution in [0, 0.1) is 0 Å². The number of rotatable bonds is 17. The van der Waals surface area contributed by atoms with E-state index in [4.69, 9.17) is 0 Å². The normalized spacial score (nSPS) is 12.9. The van der Waals surface area contributed by atoms with Gasteiger partial charge in [0.2, 0.25) is 0 Å². The molecule has 1 N–H and O–H groups in total. The second-order valence-electron chi connectivity index (χ2n) is 7.86. The zero-order valence-electron chi connectivity index (χ0n) is 18.3. The van der Waals surface area contributed by atoms with Crippen LogP contribution in [-0.4, -0.2) is 11.1 Å². The number of carbonyl (C=O) groups excluding carboxylic acids is 1. The fourth-order valence-corrected chi connectivity index (χ4v) is 3.65. The molecular weight excluding hydrogens is 359 g/mol. The van der Waals surface area contributed by atoms with Gasteiger partial charge in [0.25, 0.3) is 0 Å². The van der Waals surface area contributed by atoms with Gasteiger partial charge in [-0.15, -0.1) is 0 Å². The maximum Gasteiger partial charge on any atom is 1.00 e. The van der Waals surface area contributed by atoms with Crippen LogP contribution in [0.4, 0.5) is 0 Å². The molecule has 0 bridgehead atoms. The molecule has 0 aromatic heterocycles. The molecule has 0 radical (unpaired) electrons. The average molecular weight is 399 g/mol. The predicted octanol–water partition coefficient (Wildman–Crippen LogP) is 2.50. The SMILES string of the molecule is CCCCCCCCCCCCCCCCC(O)(C(=O)[O-])c1ccccc1.[Na+]. The van der Waals surface area contributed by atoms with Crippen LogP contribution in [0.5, 0.6) is 0 Å². The number of aliphatic carboxylic acids is 1. The number of hydrogen-bond donors (Lipinski definition) is 1. The Kier molecular flexibility index (Phi) is 17.3. The number of aliphatic hydroxyl groups is 1. The molecule has 0 aliphatic rings. The summed E-state index contributed by atoms with van der Waals surface area (Å²) in [6, 6.07) is 8.60. The third-order valence-corrected chi connectivity index (χ3v) is 5.48. The zero-order chi connectivity index (χ0) is 19.8. The van der Waals surface area contributed by atoms with Gasteiger partial charge in [-0.05, 0) is 18.4 Å². The summed E-state index contributed by atoms with van der Waals surface area (Å²) < 4.78 is 0. The molecule has 3 nitrogen and oxygen atoms in total. The van der Waals surface area contributed by atoms with Crippen molar-refractivity contribution in [2.45, 2.75) is 109 Å². The van der Waals surface area contributed by atoms with Crippen molar-refractivity contribution < 1.29 is 44.6 Å². The average Bonchev–Trinajstić information content (AvgIpc) is 2.68. The first kappa shape index (κ1) is 27.6. The van der Waals surface area contributed by atoms with Gasteiger partial charge in [-0.1, -0.05) is 121 Å². The topological polar surface area (TPSA) is 60.4 Å². The second kappa shape index (κ2) is 17.5. The molecule has 1 unspecified atom stereocenters. The van der Waals surface area contributed by atoms with Crippen molar-refractivity contribution in [3.8, 4) is 0 Å². The Morgan fingerprint density at radius 2 is 1.18 bits per heavy atom. The standard InChI is InChI=1S/C24H40O3.Na/c1-2-3-4-5-6-7-8-9-10-11-12-13-14-18-21-24(27,23(25)26)22-19-16-15-17-20-22;/h15-17,19-20,27H,2-14,18,21H2,1H3,(H,25,26);/q;+1/p-1. The molecule has 0 aliphatic heterocycles. The van der Waals surface area contributed by atoms with Crippen molar-refractivity contribution in [2.75, 3.05) is 0 Å². The van der Waals surface area contributed by atoms with Crippen molar-refractivity contribution in [2.24, 2.45) is 0 Å². The monoisotopic (exact) mass is 398 g/mol. The summed E-state index contributed by atoms with van der Waals surface area (Å²) in [5, 5.41) is 21.9. The molecular formula is C24H39NaO3. The van der Waals surface area contributed by atoms with Crippen LogP contribution in [0.3, 0.4) is 0 Å². The number of benzene rings is 1. The van der Waals surface area contributed by atoms with Gasteiger partial charge in [0.05, 0.1) is 5.97 Å². The first-order valence-electron chi connectivity index (χ1n) is 11.1. The van der Waals surface area contributed by atoms with Gasteiger partial charge in [-0.3, -0.25) is 0 Å². The van der Waals surface area contributed by atoms with Gasteiger partial charge in [-0.2, -0.15) is 0 Å². The second-order valence-corrected chi connectivity index (χ2v) is 7.86. The van der Waals surface area contributed by atoms with Gasteiger partial charge >= 0.3 is 29.6 Å². The summed E-state index contributed by atoms with van der Waals surface area (Å²) in [6.45, 7) is 2.26. The number of carboxylic acids is 1. The molecule has 0 fully saturated rings. The molecule has 1 aromatic rings. The molecule has 0 amide bonds. The summed E-state index contributed by atoms with van der Waals surface area (Å²) in [6.07, 6.45) is 17.7. The van der Waals surface area contributed by atoms with Crippen LogP contribution in [-0.2, 0) is 10.4 Å². The van der Waals surface area contributed by atoms with Gasteiger partial charge in [0.15, 0.2) is 0 Å². The van der Waals surface area contributed by atoms with E-state index in [2.05, 4.69) is 6.92 Å². The van der Waals surface area contributed by atoms with Gasteiger partial charge in [0.1, 0.15) is 5.60 Å². The van der Waals surface area contributed by atoms with Crippen molar-refractivity contribution in [3.05, 3.63) is 35.9 Å². The Morgan fingerprint density at radius 1 is 0.786 bits per heavy atom. The van der Waals surface area contributed by atoms with Crippen molar-refractivity contribution in [1.29, 1.82) is 0 Å². The number of carboxylic acid groups (broad SMARTS) is 1. The van der Waals surface area contributed by atoms with E-state index in [1.807, 2.05) is 6.07 Å². The summed E-state index contributed by atoms with van der Waals surface area (Å²) >= 11 is 0. The van der Waals surface area contributed by atoms with E-state index in [9.17, 15) is 15.0 Å². The fourth-order valence-electron chi connectivity index (χ4n) is 3.65. The van der Waals surface area contributed by atoms with Crippen molar-refractivity contribution >= 4 is 5.97 Å². The van der Waals surface area contributed by atoms with Crippen LogP contribution >= 0.6 is 0 Å². The minimum absolute atomic E-state index is 0. The van der Waals surface area contributed by atoms with E-state index in [0.717, 1.165) is 12.8 Å². The van der Waals surface area contributed by atoms with E-state index >= 15 is 0 Å². The number of carbonyl (C=O) groups is 1. The molecule has 154 valence electrons. The van der Waals surface area contributed by atoms with E-state index in [-0.39, 0.29) is 36.0 Å². The first-order valence-corrected chi connectivity index (χ1v) is 11.1. The summed E-state index contributed by atoms with van der Waals surface area (Å²) in [5.74, 6) is -1.40. The summed E-state index contributed by atoms with van der Waals surface area (Å²) in [5.41, 5.74) is -1.45. The molecule has 0 saturated heterocycles. The Balaban J connectivity index is 0.00000729. The van der Waals surface area contributed by atoms with Crippen LogP contribution in [0.1, 0.15) is 109 Å². The van der Waals surface area contributed by atoms with Gasteiger partial charge in [0, 0.05) is 0 Å². The molecule has 1 atom stereocenters. The van der Waals surface area contributed by atoms with Crippen molar-refractivity contribution in [3.63, 3.8) is 0 Å². The third kappa shape index (κ3) is 11.6. The molecule has 1 rings (SSSR count). The zero-order valence-corrected chi connectivity index (χ0v) is 20.3.